The van der Waals surface area contributed by atoms with Crippen LogP contribution in [0.5, 0.6) is 0 Å². The maximum atomic E-state index is 13.1. The number of fused-ring (bicyclic) bond motifs is 1. The van der Waals surface area contributed by atoms with Gasteiger partial charge in [-0.2, -0.15) is 4.98 Å². The van der Waals surface area contributed by atoms with Crippen molar-refractivity contribution in [2.45, 2.75) is 130 Å². The summed E-state index contributed by atoms with van der Waals surface area (Å²) in [6.45, 7) is 8.03. The number of ether oxygens (including phenoxy) is 2. The molecule has 3 N–H and O–H groups in total. The van der Waals surface area contributed by atoms with Crippen LogP contribution in [0.4, 0.5) is 5.95 Å². The van der Waals surface area contributed by atoms with E-state index in [1.165, 1.54) is 89.8 Å². The van der Waals surface area contributed by atoms with E-state index < -0.39 is 13.2 Å². The lowest BCUT2D eigenvalue weighted by Crippen LogP contribution is -2.19. The van der Waals surface area contributed by atoms with E-state index in [9.17, 15) is 9.36 Å². The van der Waals surface area contributed by atoms with Gasteiger partial charge in [-0.1, -0.05) is 90.4 Å². The molecule has 0 aliphatic rings. The number of aromatic nitrogens is 4. The number of anilines is 1. The van der Waals surface area contributed by atoms with Crippen LogP contribution in [0.15, 0.2) is 11.1 Å². The monoisotopic (exact) mass is 613 g/mol. The SMILES string of the molecule is CCCCCCCCCCCCCCCCOCCCOP(=O)(COC(C)Cn1cnc2c(=O)[nH]c(N)nc21)OCC. The summed E-state index contributed by atoms with van der Waals surface area (Å²) in [5, 5.41) is 0. The van der Waals surface area contributed by atoms with Crippen molar-refractivity contribution in [2.24, 2.45) is 0 Å². The van der Waals surface area contributed by atoms with Crippen LogP contribution in [0, 0.1) is 0 Å². The standard InChI is InChI=1S/C30H56N5O6P/c1-4-6-7-8-9-10-11-12-13-14-15-16-17-18-20-38-21-19-22-41-42(37,40-5-2)25-39-26(3)23-35-24-32-27-28(35)33-30(31)34-29(27)36/h24,26H,4-23,25H2,1-3H3,(H3,31,33,34,36). The van der Waals surface area contributed by atoms with Gasteiger partial charge < -0.3 is 28.8 Å². The minimum absolute atomic E-state index is 0.0145. The van der Waals surface area contributed by atoms with E-state index in [0.717, 1.165) is 13.0 Å². The molecule has 0 aliphatic carbocycles. The number of nitrogens with zero attached hydrogens (tertiary/aromatic N) is 3. The maximum absolute atomic E-state index is 13.1. The fraction of sp³-hybridized carbons (Fsp3) is 0.833. The first-order valence-electron chi connectivity index (χ1n) is 16.2. The molecule has 0 spiro atoms. The molecule has 0 aromatic carbocycles. The van der Waals surface area contributed by atoms with Gasteiger partial charge in [-0.25, -0.2) is 4.98 Å². The van der Waals surface area contributed by atoms with Gasteiger partial charge in [0.1, 0.15) is 6.35 Å². The summed E-state index contributed by atoms with van der Waals surface area (Å²) in [7, 11) is -3.41. The normalized spacial score (nSPS) is 14.0. The summed E-state index contributed by atoms with van der Waals surface area (Å²) >= 11 is 0. The molecule has 12 heteroatoms. The molecule has 0 aliphatic heterocycles. The molecule has 2 heterocycles. The lowest BCUT2D eigenvalue weighted by molar-refractivity contribution is 0.0633. The highest BCUT2D eigenvalue weighted by Gasteiger charge is 2.26. The number of nitrogens with two attached hydrogens (primary N) is 1. The number of nitrogens with one attached hydrogen (secondary N) is 1. The molecule has 0 amide bonds. The molecule has 2 aromatic rings. The quantitative estimate of drug-likeness (QED) is 0.0789. The molecule has 2 unspecified atom stereocenters. The Kier molecular flexibility index (Phi) is 18.9. The first-order valence-corrected chi connectivity index (χ1v) is 17.9. The van der Waals surface area contributed by atoms with Gasteiger partial charge in [0.05, 0.1) is 32.2 Å². The maximum Gasteiger partial charge on any atom is 0.356 e. The number of unbranched alkanes of at least 4 members (excludes halogenated alkanes) is 13. The molecule has 0 fully saturated rings. The van der Waals surface area contributed by atoms with Crippen LogP contribution in [0.3, 0.4) is 0 Å². The van der Waals surface area contributed by atoms with Gasteiger partial charge in [0.25, 0.3) is 5.56 Å². The zero-order valence-corrected chi connectivity index (χ0v) is 27.2. The molecule has 0 radical (unpaired) electrons. The number of aromatic amines is 1. The molecule has 2 atom stereocenters. The lowest BCUT2D eigenvalue weighted by atomic mass is 10.0. The smallest absolute Gasteiger partial charge is 0.356 e. The van der Waals surface area contributed by atoms with Crippen LogP contribution in [-0.4, -0.2) is 58.4 Å². The number of hydrogen-bond acceptors (Lipinski definition) is 9. The van der Waals surface area contributed by atoms with Crippen molar-refractivity contribution in [2.75, 3.05) is 38.5 Å². The average Bonchev–Trinajstić information content (AvgIpc) is 3.36. The van der Waals surface area contributed by atoms with E-state index in [0.29, 0.717) is 25.2 Å². The fourth-order valence-electron chi connectivity index (χ4n) is 4.83. The average molecular weight is 614 g/mol. The molecule has 242 valence electrons. The number of hydrogen-bond donors (Lipinski definition) is 2. The van der Waals surface area contributed by atoms with Crippen LogP contribution >= 0.6 is 7.60 Å². The van der Waals surface area contributed by atoms with Gasteiger partial charge in [-0.3, -0.25) is 14.3 Å². The molecule has 42 heavy (non-hydrogen) atoms. The summed E-state index contributed by atoms with van der Waals surface area (Å²) in [6, 6.07) is 0. The summed E-state index contributed by atoms with van der Waals surface area (Å²) < 4.78 is 37.4. The van der Waals surface area contributed by atoms with Gasteiger partial charge in [-0.05, 0) is 26.7 Å². The van der Waals surface area contributed by atoms with Crippen LogP contribution in [-0.2, 0) is 29.6 Å². The highest BCUT2D eigenvalue weighted by Crippen LogP contribution is 2.48. The second kappa shape index (κ2) is 21.8. The lowest BCUT2D eigenvalue weighted by Gasteiger charge is -2.21. The molecule has 0 saturated heterocycles. The Morgan fingerprint density at radius 2 is 1.48 bits per heavy atom. The minimum Gasteiger partial charge on any atom is -0.381 e. The van der Waals surface area contributed by atoms with Gasteiger partial charge in [0, 0.05) is 13.2 Å². The Bertz CT molecular complexity index is 1080. The van der Waals surface area contributed by atoms with Crippen LogP contribution in [0.2, 0.25) is 0 Å². The number of imidazole rings is 1. The van der Waals surface area contributed by atoms with E-state index in [1.54, 1.807) is 11.5 Å². The molecule has 2 rings (SSSR count). The highest BCUT2D eigenvalue weighted by molar-refractivity contribution is 7.53. The second-order valence-electron chi connectivity index (χ2n) is 11.1. The first-order chi connectivity index (χ1) is 20.4. The summed E-state index contributed by atoms with van der Waals surface area (Å²) in [5.41, 5.74) is 5.82. The van der Waals surface area contributed by atoms with Crippen LogP contribution in [0.1, 0.15) is 117 Å². The third kappa shape index (κ3) is 15.1. The largest absolute Gasteiger partial charge is 0.381 e. The van der Waals surface area contributed by atoms with Crippen LogP contribution in [0.25, 0.3) is 11.2 Å². The van der Waals surface area contributed by atoms with E-state index in [-0.39, 0.29) is 37.1 Å². The van der Waals surface area contributed by atoms with E-state index in [4.69, 9.17) is 24.3 Å². The highest BCUT2D eigenvalue weighted by atomic mass is 31.2. The van der Waals surface area contributed by atoms with E-state index >= 15 is 0 Å². The van der Waals surface area contributed by atoms with Crippen LogP contribution < -0.4 is 11.3 Å². The Labute approximate surface area is 252 Å². The van der Waals surface area contributed by atoms with Crippen molar-refractivity contribution >= 4 is 24.7 Å². The summed E-state index contributed by atoms with van der Waals surface area (Å²) in [5.74, 6) is 0.0145. The first kappa shape index (κ1) is 36.4. The van der Waals surface area contributed by atoms with Gasteiger partial charge in [-0.15, -0.1) is 0 Å². The summed E-state index contributed by atoms with van der Waals surface area (Å²) in [6.07, 6.45) is 20.4. The van der Waals surface area contributed by atoms with Gasteiger partial charge >= 0.3 is 7.60 Å². The zero-order chi connectivity index (χ0) is 30.5. The van der Waals surface area contributed by atoms with E-state index in [1.807, 2.05) is 6.92 Å². The Morgan fingerprint density at radius 3 is 2.10 bits per heavy atom. The zero-order valence-electron chi connectivity index (χ0n) is 26.3. The Balaban J connectivity index is 1.49. The molecular formula is C30H56N5O6P. The molecule has 0 saturated carbocycles. The fourth-order valence-corrected chi connectivity index (χ4v) is 6.29. The van der Waals surface area contributed by atoms with Crippen molar-refractivity contribution in [1.29, 1.82) is 0 Å². The predicted molar refractivity (Wildman–Crippen MR) is 169 cm³/mol. The van der Waals surface area contributed by atoms with Crippen molar-refractivity contribution < 1.29 is 23.1 Å². The summed E-state index contributed by atoms with van der Waals surface area (Å²) in [4.78, 5) is 22.6. The molecule has 2 aromatic heterocycles. The third-order valence-electron chi connectivity index (χ3n) is 7.15. The molecular weight excluding hydrogens is 557 g/mol. The Hall–Kier alpha value is -1.78. The van der Waals surface area contributed by atoms with E-state index in [2.05, 4.69) is 21.9 Å². The topological polar surface area (TPSA) is 144 Å². The number of H-pyrrole nitrogens is 1. The van der Waals surface area contributed by atoms with Crippen molar-refractivity contribution in [3.63, 3.8) is 0 Å². The number of nitrogen functional groups attached to an aromatic ring is 1. The van der Waals surface area contributed by atoms with Crippen molar-refractivity contribution in [1.82, 2.24) is 19.5 Å². The third-order valence-corrected chi connectivity index (χ3v) is 8.85. The minimum atomic E-state index is -3.41. The van der Waals surface area contributed by atoms with Crippen molar-refractivity contribution in [3.05, 3.63) is 16.7 Å². The van der Waals surface area contributed by atoms with Gasteiger partial charge in [0.15, 0.2) is 11.2 Å². The van der Waals surface area contributed by atoms with Crippen molar-refractivity contribution in [3.8, 4) is 0 Å². The Morgan fingerprint density at radius 1 is 0.881 bits per heavy atom. The molecule has 0 bridgehead atoms. The van der Waals surface area contributed by atoms with Gasteiger partial charge in [0.2, 0.25) is 5.95 Å². The molecule has 11 nitrogen and oxygen atoms in total. The predicted octanol–water partition coefficient (Wildman–Crippen LogP) is 7.20. The second-order valence-corrected chi connectivity index (χ2v) is 13.0. The number of rotatable bonds is 27.